The maximum absolute atomic E-state index is 14.0. The molecule has 134 valence electrons. The lowest BCUT2D eigenvalue weighted by atomic mass is 10.1. The van der Waals surface area contributed by atoms with Crippen molar-refractivity contribution in [3.8, 4) is 0 Å². The lowest BCUT2D eigenvalue weighted by Crippen LogP contribution is -2.27. The number of halogens is 1. The van der Waals surface area contributed by atoms with Gasteiger partial charge in [-0.05, 0) is 43.2 Å². The second-order valence-corrected chi connectivity index (χ2v) is 6.80. The first-order chi connectivity index (χ1) is 12.6. The van der Waals surface area contributed by atoms with Crippen LogP contribution in [0.4, 0.5) is 16.0 Å². The van der Waals surface area contributed by atoms with E-state index >= 15 is 0 Å². The van der Waals surface area contributed by atoms with E-state index in [4.69, 9.17) is 5.73 Å². The number of hydrogen-bond donors (Lipinski definition) is 1. The van der Waals surface area contributed by atoms with Crippen LogP contribution in [0, 0.1) is 5.82 Å². The van der Waals surface area contributed by atoms with E-state index in [1.54, 1.807) is 19.2 Å². The van der Waals surface area contributed by atoms with Gasteiger partial charge in [0.1, 0.15) is 5.82 Å². The van der Waals surface area contributed by atoms with E-state index in [1.165, 1.54) is 29.9 Å². The summed E-state index contributed by atoms with van der Waals surface area (Å²) in [4.78, 5) is 18.6. The Labute approximate surface area is 151 Å². The molecule has 1 heterocycles. The zero-order valence-electron chi connectivity index (χ0n) is 14.7. The predicted octanol–water partition coefficient (Wildman–Crippen LogP) is 4.15. The van der Waals surface area contributed by atoms with Crippen molar-refractivity contribution < 1.29 is 9.18 Å². The molecule has 1 fully saturated rings. The molecule has 26 heavy (non-hydrogen) atoms. The van der Waals surface area contributed by atoms with Crippen LogP contribution in [-0.4, -0.2) is 22.5 Å². The van der Waals surface area contributed by atoms with Crippen LogP contribution in [0.25, 0.3) is 11.0 Å². The number of nitrogens with zero attached hydrogens (tertiary/aromatic N) is 3. The highest BCUT2D eigenvalue weighted by atomic mass is 19.1. The van der Waals surface area contributed by atoms with E-state index in [0.29, 0.717) is 17.7 Å². The summed E-state index contributed by atoms with van der Waals surface area (Å²) in [6.45, 7) is 0. The molecule has 1 aromatic heterocycles. The van der Waals surface area contributed by atoms with E-state index in [2.05, 4.69) is 9.55 Å². The van der Waals surface area contributed by atoms with Gasteiger partial charge >= 0.3 is 0 Å². The fourth-order valence-corrected chi connectivity index (χ4v) is 3.79. The van der Waals surface area contributed by atoms with E-state index in [0.717, 1.165) is 23.9 Å². The smallest absolute Gasteiger partial charge is 0.260 e. The average molecular weight is 352 g/mol. The van der Waals surface area contributed by atoms with Crippen LogP contribution in [0.2, 0.25) is 0 Å². The van der Waals surface area contributed by atoms with Gasteiger partial charge in [0.15, 0.2) is 0 Å². The average Bonchev–Trinajstić information content (AvgIpc) is 3.26. The molecule has 2 aromatic carbocycles. The summed E-state index contributed by atoms with van der Waals surface area (Å²) in [7, 11) is 1.65. The van der Waals surface area contributed by atoms with Gasteiger partial charge in [0.2, 0.25) is 5.95 Å². The molecule has 1 aliphatic rings. The number of nitrogens with two attached hydrogens (primary N) is 1. The Morgan fingerprint density at radius 1 is 1.23 bits per heavy atom. The Morgan fingerprint density at radius 2 is 1.96 bits per heavy atom. The van der Waals surface area contributed by atoms with Gasteiger partial charge in [0, 0.05) is 18.8 Å². The van der Waals surface area contributed by atoms with Crippen molar-refractivity contribution in [1.82, 2.24) is 9.55 Å². The highest BCUT2D eigenvalue weighted by molar-refractivity contribution is 6.06. The van der Waals surface area contributed by atoms with Gasteiger partial charge in [-0.25, -0.2) is 9.37 Å². The first-order valence-corrected chi connectivity index (χ1v) is 8.86. The zero-order chi connectivity index (χ0) is 18.3. The Morgan fingerprint density at radius 3 is 2.69 bits per heavy atom. The zero-order valence-corrected chi connectivity index (χ0v) is 14.7. The van der Waals surface area contributed by atoms with Crippen molar-refractivity contribution in [2.75, 3.05) is 17.7 Å². The van der Waals surface area contributed by atoms with Gasteiger partial charge < -0.3 is 15.2 Å². The van der Waals surface area contributed by atoms with Gasteiger partial charge in [-0.2, -0.15) is 0 Å². The van der Waals surface area contributed by atoms with Gasteiger partial charge in [-0.3, -0.25) is 4.79 Å². The molecule has 0 spiro atoms. The number of benzene rings is 2. The number of imidazole rings is 1. The van der Waals surface area contributed by atoms with Crippen molar-refractivity contribution in [2.45, 2.75) is 31.7 Å². The van der Waals surface area contributed by atoms with Crippen LogP contribution in [0.15, 0.2) is 42.5 Å². The van der Waals surface area contributed by atoms with Gasteiger partial charge in [0.25, 0.3) is 5.91 Å². The molecule has 3 aromatic rings. The number of aromatic nitrogens is 2. The summed E-state index contributed by atoms with van der Waals surface area (Å²) in [5, 5.41) is 0. The van der Waals surface area contributed by atoms with Gasteiger partial charge in [0.05, 0.1) is 16.6 Å². The van der Waals surface area contributed by atoms with Crippen molar-refractivity contribution in [3.05, 3.63) is 53.8 Å². The highest BCUT2D eigenvalue weighted by Gasteiger charge is 2.23. The fraction of sp³-hybridized carbons (Fsp3) is 0.300. The number of rotatable bonds is 3. The Bertz CT molecular complexity index is 975. The second-order valence-electron chi connectivity index (χ2n) is 6.80. The third-order valence-corrected chi connectivity index (χ3v) is 5.19. The summed E-state index contributed by atoms with van der Waals surface area (Å²) in [6.07, 6.45) is 4.55. The Hall–Kier alpha value is -2.89. The molecule has 1 amide bonds. The van der Waals surface area contributed by atoms with Crippen molar-refractivity contribution in [1.29, 1.82) is 0 Å². The van der Waals surface area contributed by atoms with E-state index in [-0.39, 0.29) is 11.5 Å². The van der Waals surface area contributed by atoms with Crippen molar-refractivity contribution in [3.63, 3.8) is 0 Å². The molecule has 4 rings (SSSR count). The topological polar surface area (TPSA) is 64.2 Å². The SMILES string of the molecule is CN(C(=O)c1ccccc1F)c1ccc2nc(N)n(C3CCCC3)c2c1. The Balaban J connectivity index is 1.74. The van der Waals surface area contributed by atoms with E-state index in [9.17, 15) is 9.18 Å². The quantitative estimate of drug-likeness (QED) is 0.770. The number of amides is 1. The van der Waals surface area contributed by atoms with Gasteiger partial charge in [-0.1, -0.05) is 25.0 Å². The molecule has 0 saturated heterocycles. The summed E-state index contributed by atoms with van der Waals surface area (Å²) in [6, 6.07) is 11.9. The molecular formula is C20H21FN4O. The molecule has 0 atom stereocenters. The molecule has 0 bridgehead atoms. The summed E-state index contributed by atoms with van der Waals surface area (Å²) in [5.74, 6) is -0.403. The predicted molar refractivity (Wildman–Crippen MR) is 101 cm³/mol. The lowest BCUT2D eigenvalue weighted by molar-refractivity contribution is 0.0989. The van der Waals surface area contributed by atoms with Crippen LogP contribution in [0.5, 0.6) is 0 Å². The third-order valence-electron chi connectivity index (χ3n) is 5.19. The monoisotopic (exact) mass is 352 g/mol. The molecular weight excluding hydrogens is 331 g/mol. The summed E-state index contributed by atoms with van der Waals surface area (Å²) < 4.78 is 16.0. The van der Waals surface area contributed by atoms with Crippen LogP contribution < -0.4 is 10.6 Å². The van der Waals surface area contributed by atoms with E-state index in [1.807, 2.05) is 18.2 Å². The summed E-state index contributed by atoms with van der Waals surface area (Å²) in [5.41, 5.74) is 8.62. The molecule has 2 N–H and O–H groups in total. The maximum atomic E-state index is 14.0. The number of nitrogen functional groups attached to an aromatic ring is 1. The molecule has 1 aliphatic carbocycles. The molecule has 1 saturated carbocycles. The Kier molecular flexibility index (Phi) is 4.11. The molecule has 0 radical (unpaired) electrons. The standard InChI is InChI=1S/C20H21FN4O/c1-24(19(26)15-8-4-5-9-16(15)21)14-10-11-17-18(12-14)25(20(22)23-17)13-6-2-3-7-13/h4-5,8-13H,2-3,6-7H2,1H3,(H2,22,23). The van der Waals surface area contributed by atoms with Crippen LogP contribution in [0.3, 0.4) is 0 Å². The fourth-order valence-electron chi connectivity index (χ4n) is 3.79. The highest BCUT2D eigenvalue weighted by Crippen LogP contribution is 2.35. The number of carbonyl (C=O) groups excluding carboxylic acids is 1. The van der Waals surface area contributed by atoms with Crippen molar-refractivity contribution >= 4 is 28.6 Å². The first-order valence-electron chi connectivity index (χ1n) is 8.86. The number of fused-ring (bicyclic) bond motifs is 1. The molecule has 0 aliphatic heterocycles. The minimum Gasteiger partial charge on any atom is -0.369 e. The lowest BCUT2D eigenvalue weighted by Gasteiger charge is -2.19. The van der Waals surface area contributed by atoms with Crippen LogP contribution >= 0.6 is 0 Å². The minimum absolute atomic E-state index is 0.0545. The minimum atomic E-state index is -0.523. The third kappa shape index (κ3) is 2.71. The molecule has 0 unspecified atom stereocenters. The number of hydrogen-bond acceptors (Lipinski definition) is 3. The van der Waals surface area contributed by atoms with Crippen LogP contribution in [0.1, 0.15) is 42.1 Å². The van der Waals surface area contributed by atoms with Crippen LogP contribution in [-0.2, 0) is 0 Å². The number of carbonyl (C=O) groups is 1. The number of anilines is 2. The van der Waals surface area contributed by atoms with Crippen molar-refractivity contribution in [2.24, 2.45) is 0 Å². The second kappa shape index (κ2) is 6.44. The largest absolute Gasteiger partial charge is 0.369 e. The normalized spacial score (nSPS) is 14.8. The summed E-state index contributed by atoms with van der Waals surface area (Å²) >= 11 is 0. The molecule has 6 heteroatoms. The van der Waals surface area contributed by atoms with Gasteiger partial charge in [-0.15, -0.1) is 0 Å². The molecule has 5 nitrogen and oxygen atoms in total. The maximum Gasteiger partial charge on any atom is 0.260 e. The first kappa shape index (κ1) is 16.6. The van der Waals surface area contributed by atoms with E-state index < -0.39 is 5.82 Å².